The van der Waals surface area contributed by atoms with Crippen molar-refractivity contribution in [3.05, 3.63) is 53.1 Å². The maximum atomic E-state index is 6.45. The van der Waals surface area contributed by atoms with Crippen LogP contribution in [0.3, 0.4) is 0 Å². The van der Waals surface area contributed by atoms with Crippen molar-refractivity contribution < 1.29 is 0 Å². The zero-order valence-corrected chi connectivity index (χ0v) is 12.2. The van der Waals surface area contributed by atoms with E-state index in [2.05, 4.69) is 16.5 Å². The van der Waals surface area contributed by atoms with Crippen LogP contribution in [0.4, 0.5) is 0 Å². The van der Waals surface area contributed by atoms with Gasteiger partial charge in [-0.25, -0.2) is 4.98 Å². The van der Waals surface area contributed by atoms with Crippen molar-refractivity contribution in [3.63, 3.8) is 0 Å². The van der Waals surface area contributed by atoms with Crippen LogP contribution in [-0.4, -0.2) is 9.55 Å². The quantitative estimate of drug-likeness (QED) is 0.911. The van der Waals surface area contributed by atoms with Crippen LogP contribution in [0.15, 0.2) is 36.7 Å². The van der Waals surface area contributed by atoms with E-state index >= 15 is 0 Å². The van der Waals surface area contributed by atoms with E-state index in [4.69, 9.17) is 17.3 Å². The van der Waals surface area contributed by atoms with Crippen LogP contribution in [-0.2, 0) is 18.5 Å². The van der Waals surface area contributed by atoms with Crippen molar-refractivity contribution in [2.75, 3.05) is 0 Å². The molecule has 0 amide bonds. The summed E-state index contributed by atoms with van der Waals surface area (Å²) in [5, 5.41) is 0.714. The van der Waals surface area contributed by atoms with E-state index in [1.807, 2.05) is 43.6 Å². The van der Waals surface area contributed by atoms with Gasteiger partial charge in [0.05, 0.1) is 0 Å². The topological polar surface area (TPSA) is 43.8 Å². The molecule has 3 nitrogen and oxygen atoms in total. The number of hydrogen-bond donors (Lipinski definition) is 1. The lowest BCUT2D eigenvalue weighted by atomic mass is 9.89. The highest BCUT2D eigenvalue weighted by molar-refractivity contribution is 6.30. The first-order valence-corrected chi connectivity index (χ1v) is 6.95. The van der Waals surface area contributed by atoms with Crippen LogP contribution >= 0.6 is 11.6 Å². The summed E-state index contributed by atoms with van der Waals surface area (Å²) in [6, 6.07) is 7.73. The number of aryl methyl sites for hydroxylation is 1. The van der Waals surface area contributed by atoms with E-state index in [1.54, 1.807) is 0 Å². The molecule has 2 aromatic rings. The van der Waals surface area contributed by atoms with Crippen LogP contribution in [0.5, 0.6) is 0 Å². The van der Waals surface area contributed by atoms with Crippen molar-refractivity contribution in [3.8, 4) is 0 Å². The second kappa shape index (κ2) is 5.76. The molecule has 1 atom stereocenters. The Morgan fingerprint density at radius 3 is 2.89 bits per heavy atom. The van der Waals surface area contributed by atoms with Gasteiger partial charge in [0.2, 0.25) is 0 Å². The van der Waals surface area contributed by atoms with Gasteiger partial charge in [0.1, 0.15) is 5.82 Å². The van der Waals surface area contributed by atoms with Gasteiger partial charge in [-0.05, 0) is 31.0 Å². The van der Waals surface area contributed by atoms with Gasteiger partial charge in [-0.15, -0.1) is 0 Å². The molecular formula is C15H20ClN3. The molecule has 19 heavy (non-hydrogen) atoms. The van der Waals surface area contributed by atoms with E-state index in [-0.39, 0.29) is 0 Å². The maximum absolute atomic E-state index is 6.45. The van der Waals surface area contributed by atoms with E-state index in [0.717, 1.165) is 24.4 Å². The minimum absolute atomic E-state index is 0.470. The van der Waals surface area contributed by atoms with Crippen molar-refractivity contribution in [2.24, 2.45) is 5.73 Å². The Kier molecular flexibility index (Phi) is 4.27. The summed E-state index contributed by atoms with van der Waals surface area (Å²) in [5.74, 6) is 1.02. The number of aromatic nitrogens is 2. The maximum Gasteiger partial charge on any atom is 0.110 e. The van der Waals surface area contributed by atoms with Gasteiger partial charge in [0.15, 0.2) is 0 Å². The largest absolute Gasteiger partial charge is 0.335 e. The van der Waals surface area contributed by atoms with Crippen molar-refractivity contribution in [1.82, 2.24) is 9.55 Å². The number of nitrogens with two attached hydrogens (primary N) is 1. The minimum Gasteiger partial charge on any atom is -0.335 e. The predicted octanol–water partition coefficient (Wildman–Crippen LogP) is 3.36. The fourth-order valence-corrected chi connectivity index (χ4v) is 2.42. The lowest BCUT2D eigenvalue weighted by Crippen LogP contribution is -2.36. The Morgan fingerprint density at radius 2 is 2.21 bits per heavy atom. The summed E-state index contributed by atoms with van der Waals surface area (Å²) in [5.41, 5.74) is 7.01. The van der Waals surface area contributed by atoms with Gasteiger partial charge in [-0.3, -0.25) is 0 Å². The summed E-state index contributed by atoms with van der Waals surface area (Å²) < 4.78 is 2.16. The van der Waals surface area contributed by atoms with Gasteiger partial charge in [-0.1, -0.05) is 30.7 Å². The molecule has 0 spiro atoms. The number of nitrogens with zero attached hydrogens (tertiary/aromatic N) is 2. The van der Waals surface area contributed by atoms with Gasteiger partial charge < -0.3 is 10.3 Å². The molecule has 0 aliphatic carbocycles. The summed E-state index contributed by atoms with van der Waals surface area (Å²) in [6.07, 6.45) is 5.62. The summed E-state index contributed by atoms with van der Waals surface area (Å²) in [7, 11) is 0. The first-order valence-electron chi connectivity index (χ1n) is 6.58. The Hall–Kier alpha value is -1.32. The third-order valence-electron chi connectivity index (χ3n) is 3.28. The first kappa shape index (κ1) is 14.1. The molecule has 1 heterocycles. The van der Waals surface area contributed by atoms with Crippen molar-refractivity contribution in [1.29, 1.82) is 0 Å². The van der Waals surface area contributed by atoms with Crippen LogP contribution in [0.25, 0.3) is 0 Å². The molecule has 0 fully saturated rings. The number of benzene rings is 1. The van der Waals surface area contributed by atoms with E-state index in [9.17, 15) is 0 Å². The molecule has 0 saturated heterocycles. The second-order valence-electron chi connectivity index (χ2n) is 5.14. The average molecular weight is 278 g/mol. The molecule has 2 rings (SSSR count). The molecule has 0 aliphatic heterocycles. The number of imidazole rings is 1. The number of halogens is 1. The summed E-state index contributed by atoms with van der Waals surface area (Å²) in [6.45, 7) is 5.15. The minimum atomic E-state index is -0.470. The zero-order chi connectivity index (χ0) is 13.9. The Bertz CT molecular complexity index is 546. The fraction of sp³-hybridized carbons (Fsp3) is 0.400. The third kappa shape index (κ3) is 3.37. The van der Waals surface area contributed by atoms with Gasteiger partial charge in [0.25, 0.3) is 0 Å². The fourth-order valence-electron chi connectivity index (χ4n) is 2.23. The molecule has 1 unspecified atom stereocenters. The standard InChI is InChI=1S/C15H20ClN3/c1-3-8-19-9-7-18-14(19)11-15(2,17)12-5-4-6-13(16)10-12/h4-7,9-10H,3,8,11,17H2,1-2H3. The molecule has 0 radical (unpaired) electrons. The monoisotopic (exact) mass is 277 g/mol. The molecule has 1 aromatic heterocycles. The molecule has 1 aromatic carbocycles. The SMILES string of the molecule is CCCn1ccnc1CC(C)(N)c1cccc(Cl)c1. The lowest BCUT2D eigenvalue weighted by molar-refractivity contribution is 0.462. The van der Waals surface area contributed by atoms with E-state index in [1.165, 1.54) is 0 Å². The lowest BCUT2D eigenvalue weighted by Gasteiger charge is -2.25. The Labute approximate surface area is 119 Å². The predicted molar refractivity (Wildman–Crippen MR) is 79.2 cm³/mol. The molecule has 0 saturated carbocycles. The molecule has 2 N–H and O–H groups in total. The van der Waals surface area contributed by atoms with E-state index in [0.29, 0.717) is 11.4 Å². The zero-order valence-electron chi connectivity index (χ0n) is 11.4. The van der Waals surface area contributed by atoms with Crippen LogP contribution in [0.2, 0.25) is 5.02 Å². The second-order valence-corrected chi connectivity index (χ2v) is 5.58. The normalized spacial score (nSPS) is 14.3. The molecule has 4 heteroatoms. The van der Waals surface area contributed by atoms with Crippen molar-refractivity contribution in [2.45, 2.75) is 38.8 Å². The van der Waals surface area contributed by atoms with Gasteiger partial charge >= 0.3 is 0 Å². The summed E-state index contributed by atoms with van der Waals surface area (Å²) in [4.78, 5) is 4.42. The molecular weight excluding hydrogens is 258 g/mol. The highest BCUT2D eigenvalue weighted by Crippen LogP contribution is 2.24. The smallest absolute Gasteiger partial charge is 0.110 e. The van der Waals surface area contributed by atoms with Crippen molar-refractivity contribution >= 4 is 11.6 Å². The highest BCUT2D eigenvalue weighted by Gasteiger charge is 2.24. The van der Waals surface area contributed by atoms with Crippen LogP contribution in [0.1, 0.15) is 31.7 Å². The first-order chi connectivity index (χ1) is 9.03. The molecule has 102 valence electrons. The molecule has 0 aliphatic rings. The third-order valence-corrected chi connectivity index (χ3v) is 3.51. The van der Waals surface area contributed by atoms with Gasteiger partial charge in [0, 0.05) is 35.9 Å². The van der Waals surface area contributed by atoms with Gasteiger partial charge in [-0.2, -0.15) is 0 Å². The van der Waals surface area contributed by atoms with E-state index < -0.39 is 5.54 Å². The highest BCUT2D eigenvalue weighted by atomic mass is 35.5. The summed E-state index contributed by atoms with van der Waals surface area (Å²) >= 11 is 6.04. The van der Waals surface area contributed by atoms with Crippen LogP contribution in [0, 0.1) is 0 Å². The van der Waals surface area contributed by atoms with Crippen LogP contribution < -0.4 is 5.73 Å². The average Bonchev–Trinajstić information content (AvgIpc) is 2.76. The number of hydrogen-bond acceptors (Lipinski definition) is 2. The Morgan fingerprint density at radius 1 is 1.42 bits per heavy atom. The Balaban J connectivity index is 2.23. The molecule has 0 bridgehead atoms. The number of rotatable bonds is 5.